The number of carbonyl (C=O) groups is 4. The summed E-state index contributed by atoms with van der Waals surface area (Å²) in [6.07, 6.45) is -12.2. The topological polar surface area (TPSA) is 174 Å². The summed E-state index contributed by atoms with van der Waals surface area (Å²) in [5, 5.41) is 36.9. The smallest absolute Gasteiger partial charge is 0.411 e. The number of anilines is 3. The highest BCUT2D eigenvalue weighted by molar-refractivity contribution is 6.11. The van der Waals surface area contributed by atoms with E-state index >= 15 is 26.3 Å². The molecule has 0 atom stereocenters. The van der Waals surface area contributed by atoms with Gasteiger partial charge < -0.3 is 36.0 Å². The number of alkyl halides is 6. The van der Waals surface area contributed by atoms with Crippen LogP contribution in [0.5, 0.6) is 23.0 Å². The van der Waals surface area contributed by atoms with E-state index in [0.717, 1.165) is 23.8 Å². The normalized spacial score (nSPS) is 11.7. The maximum Gasteiger partial charge on any atom is 0.411 e. The van der Waals surface area contributed by atoms with Crippen LogP contribution in [0.3, 0.4) is 0 Å². The van der Waals surface area contributed by atoms with E-state index in [9.17, 15) is 34.5 Å². The van der Waals surface area contributed by atoms with E-state index in [1.54, 1.807) is 19.1 Å². The van der Waals surface area contributed by atoms with Crippen molar-refractivity contribution < 1.29 is 65.6 Å². The average molecular weight is 858 g/mol. The summed E-state index contributed by atoms with van der Waals surface area (Å²) in [5.41, 5.74) is -8.54. The zero-order valence-electron chi connectivity index (χ0n) is 32.3. The molecule has 0 fully saturated rings. The Morgan fingerprint density at radius 2 is 0.952 bits per heavy atom. The van der Waals surface area contributed by atoms with Crippen LogP contribution in [0.15, 0.2) is 127 Å². The standard InChI is InChI=1S/C45H33F6N3O8/c1-24-7-19-37(55)35(21-24)53-40(58)27-11-17-31(18-12-27)62-30-15-9-26(10-16-30)39(57)52-34-22-28(13-8-25(34)2)43(44(46,47)48,45(49,50)51)29-14-20-38(56)36(23-29)54-41(59)32-5-3-4-6-33(32)42(60)61/h3-23,55-56H,1-2H3,(H,52,57)(H,53,58)(H,54,59)(H,60,61). The van der Waals surface area contributed by atoms with Crippen molar-refractivity contribution >= 4 is 40.8 Å². The summed E-state index contributed by atoms with van der Waals surface area (Å²) < 4.78 is 97.0. The number of nitrogens with one attached hydrogen (secondary N) is 3. The lowest BCUT2D eigenvalue weighted by molar-refractivity contribution is -0.288. The predicted molar refractivity (Wildman–Crippen MR) is 215 cm³/mol. The summed E-state index contributed by atoms with van der Waals surface area (Å²) in [7, 11) is 0. The Labute approximate surface area is 348 Å². The molecular formula is C45H33F6N3O8. The molecule has 0 aliphatic carbocycles. The third-order valence-electron chi connectivity index (χ3n) is 9.72. The van der Waals surface area contributed by atoms with Crippen molar-refractivity contribution in [3.63, 3.8) is 0 Å². The van der Waals surface area contributed by atoms with Crippen LogP contribution in [-0.4, -0.2) is 51.4 Å². The van der Waals surface area contributed by atoms with Crippen molar-refractivity contribution in [2.24, 2.45) is 0 Å². The number of hydrogen-bond donors (Lipinski definition) is 6. The number of benzene rings is 6. The van der Waals surface area contributed by atoms with Gasteiger partial charge in [-0.1, -0.05) is 36.4 Å². The lowest BCUT2D eigenvalue weighted by atomic mass is 9.72. The van der Waals surface area contributed by atoms with Crippen LogP contribution in [0.1, 0.15) is 63.7 Å². The number of aryl methyl sites for hydroxylation is 2. The van der Waals surface area contributed by atoms with E-state index in [-0.39, 0.29) is 33.9 Å². The van der Waals surface area contributed by atoms with E-state index < -0.39 is 80.8 Å². The van der Waals surface area contributed by atoms with E-state index in [0.29, 0.717) is 36.1 Å². The number of halogens is 6. The third kappa shape index (κ3) is 8.86. The van der Waals surface area contributed by atoms with Crippen molar-refractivity contribution in [2.45, 2.75) is 31.6 Å². The Balaban J connectivity index is 1.23. The van der Waals surface area contributed by atoms with E-state index in [1.807, 2.05) is 5.32 Å². The number of hydrogen-bond acceptors (Lipinski definition) is 7. The molecule has 0 aliphatic heterocycles. The minimum Gasteiger partial charge on any atom is -0.506 e. The molecule has 3 amide bonds. The Bertz CT molecular complexity index is 2690. The zero-order valence-corrected chi connectivity index (χ0v) is 32.3. The molecule has 0 aliphatic rings. The largest absolute Gasteiger partial charge is 0.506 e. The maximum atomic E-state index is 15.2. The first-order valence-electron chi connectivity index (χ1n) is 18.2. The molecule has 11 nitrogen and oxygen atoms in total. The zero-order chi connectivity index (χ0) is 45.1. The van der Waals surface area contributed by atoms with Gasteiger partial charge in [0.05, 0.1) is 22.5 Å². The highest BCUT2D eigenvalue weighted by Gasteiger charge is 2.72. The summed E-state index contributed by atoms with van der Waals surface area (Å²) in [4.78, 5) is 50.7. The number of amides is 3. The van der Waals surface area contributed by atoms with Crippen molar-refractivity contribution in [1.82, 2.24) is 0 Å². The number of phenols is 2. The number of phenolic OH excluding ortho intramolecular Hbond substituents is 2. The van der Waals surface area contributed by atoms with Crippen LogP contribution in [0.25, 0.3) is 0 Å². The van der Waals surface area contributed by atoms with Gasteiger partial charge in [-0.05, 0) is 127 Å². The first kappa shape index (κ1) is 43.8. The first-order chi connectivity index (χ1) is 29.2. The number of carbonyl (C=O) groups excluding carboxylic acids is 3. The number of ether oxygens (including phenoxy) is 1. The van der Waals surface area contributed by atoms with Crippen LogP contribution >= 0.6 is 0 Å². The fourth-order valence-electron chi connectivity index (χ4n) is 6.52. The number of aromatic carboxylic acids is 1. The quantitative estimate of drug-likeness (QED) is 0.0551. The number of carboxylic acid groups (broad SMARTS) is 1. The highest BCUT2D eigenvalue weighted by atomic mass is 19.4. The fraction of sp³-hybridized carbons (Fsp3) is 0.111. The first-order valence-corrected chi connectivity index (χ1v) is 18.2. The minimum absolute atomic E-state index is 0.0464. The summed E-state index contributed by atoms with van der Waals surface area (Å²) in [6.45, 7) is 3.15. The third-order valence-corrected chi connectivity index (χ3v) is 9.72. The van der Waals surface area contributed by atoms with Crippen LogP contribution in [0.4, 0.5) is 43.4 Å². The van der Waals surface area contributed by atoms with Gasteiger partial charge >= 0.3 is 18.3 Å². The molecule has 0 bridgehead atoms. The molecule has 6 N–H and O–H groups in total. The Morgan fingerprint density at radius 1 is 0.516 bits per heavy atom. The van der Waals surface area contributed by atoms with Gasteiger partial charge in [-0.25, -0.2) is 4.79 Å². The summed E-state index contributed by atoms with van der Waals surface area (Å²) in [6, 6.07) is 24.1. The number of aromatic hydroxyl groups is 2. The van der Waals surface area contributed by atoms with Crippen molar-refractivity contribution in [3.8, 4) is 23.0 Å². The number of rotatable bonds is 11. The van der Waals surface area contributed by atoms with Gasteiger partial charge in [0.15, 0.2) is 0 Å². The Kier molecular flexibility index (Phi) is 12.0. The van der Waals surface area contributed by atoms with Gasteiger partial charge in [0.2, 0.25) is 5.41 Å². The van der Waals surface area contributed by atoms with Gasteiger partial charge in [-0.15, -0.1) is 0 Å². The van der Waals surface area contributed by atoms with Crippen LogP contribution in [0, 0.1) is 13.8 Å². The maximum absolute atomic E-state index is 15.2. The van der Waals surface area contributed by atoms with Gasteiger partial charge in [-0.2, -0.15) is 26.3 Å². The van der Waals surface area contributed by atoms with Gasteiger partial charge in [0.1, 0.15) is 23.0 Å². The SMILES string of the molecule is Cc1ccc(O)c(NC(=O)c2ccc(Oc3ccc(C(=O)Nc4cc(C(c5ccc(O)c(NC(=O)c6ccccc6C(=O)O)c5)(C(F)(F)F)C(F)(F)F)ccc4C)cc3)cc2)c1. The highest BCUT2D eigenvalue weighted by Crippen LogP contribution is 2.57. The van der Waals surface area contributed by atoms with Crippen molar-refractivity contribution in [3.05, 3.63) is 172 Å². The van der Waals surface area contributed by atoms with Gasteiger partial charge in [0.25, 0.3) is 17.7 Å². The fourth-order valence-corrected chi connectivity index (χ4v) is 6.52. The molecule has 62 heavy (non-hydrogen) atoms. The van der Waals surface area contributed by atoms with Crippen LogP contribution in [-0.2, 0) is 5.41 Å². The van der Waals surface area contributed by atoms with Gasteiger partial charge in [0, 0.05) is 16.8 Å². The van der Waals surface area contributed by atoms with Crippen molar-refractivity contribution in [1.29, 1.82) is 0 Å². The molecule has 0 heterocycles. The molecule has 0 aromatic heterocycles. The molecule has 17 heteroatoms. The van der Waals surface area contributed by atoms with Crippen molar-refractivity contribution in [2.75, 3.05) is 16.0 Å². The molecule has 0 spiro atoms. The summed E-state index contributed by atoms with van der Waals surface area (Å²) in [5.74, 6) is -4.66. The molecule has 6 rings (SSSR count). The van der Waals surface area contributed by atoms with Crippen LogP contribution < -0.4 is 20.7 Å². The monoisotopic (exact) mass is 857 g/mol. The minimum atomic E-state index is -6.11. The molecule has 0 unspecified atom stereocenters. The summed E-state index contributed by atoms with van der Waals surface area (Å²) >= 11 is 0. The molecule has 0 saturated heterocycles. The molecule has 0 saturated carbocycles. The van der Waals surface area contributed by atoms with E-state index in [2.05, 4.69) is 10.6 Å². The molecule has 6 aromatic carbocycles. The van der Waals surface area contributed by atoms with Gasteiger partial charge in [-0.3, -0.25) is 14.4 Å². The second-order valence-corrected chi connectivity index (χ2v) is 13.9. The second-order valence-electron chi connectivity index (χ2n) is 13.9. The lowest BCUT2D eigenvalue weighted by Gasteiger charge is -2.38. The lowest BCUT2D eigenvalue weighted by Crippen LogP contribution is -2.54. The van der Waals surface area contributed by atoms with E-state index in [1.165, 1.54) is 73.7 Å². The van der Waals surface area contributed by atoms with Crippen LogP contribution in [0.2, 0.25) is 0 Å². The predicted octanol–water partition coefficient (Wildman–Crippen LogP) is 10.4. The molecular weight excluding hydrogens is 824 g/mol. The molecule has 0 radical (unpaired) electrons. The Hall–Kier alpha value is -7.82. The average Bonchev–Trinajstić information content (AvgIpc) is 3.21. The van der Waals surface area contributed by atoms with E-state index in [4.69, 9.17) is 4.74 Å². The molecule has 318 valence electrons. The number of carboxylic acids is 1. The second kappa shape index (κ2) is 17.0. The Morgan fingerprint density at radius 3 is 1.47 bits per heavy atom. The molecule has 6 aromatic rings.